The minimum absolute atomic E-state index is 0.107. The molecule has 1 amide bonds. The van der Waals surface area contributed by atoms with Crippen LogP contribution in [-0.4, -0.2) is 70.9 Å². The summed E-state index contributed by atoms with van der Waals surface area (Å²) in [6, 6.07) is 9.70. The lowest BCUT2D eigenvalue weighted by molar-refractivity contribution is -0.157. The molecule has 1 saturated heterocycles. The number of benzene rings is 1. The smallest absolute Gasteiger partial charge is 0.410 e. The van der Waals surface area contributed by atoms with Crippen LogP contribution in [0.15, 0.2) is 30.3 Å². The highest BCUT2D eigenvalue weighted by molar-refractivity contribution is 5.72. The van der Waals surface area contributed by atoms with E-state index in [2.05, 4.69) is 0 Å². The van der Waals surface area contributed by atoms with Crippen molar-refractivity contribution in [2.45, 2.75) is 64.9 Å². The Labute approximate surface area is 173 Å². The molecule has 1 N–H and O–H groups in total. The number of hydrogen-bond acceptors (Lipinski definition) is 6. The number of aliphatic hydroxyl groups excluding tert-OH is 1. The number of esters is 1. The van der Waals surface area contributed by atoms with Gasteiger partial charge >= 0.3 is 12.1 Å². The molecule has 0 bridgehead atoms. The summed E-state index contributed by atoms with van der Waals surface area (Å²) in [7, 11) is 0. The molecule has 0 radical (unpaired) electrons. The summed E-state index contributed by atoms with van der Waals surface area (Å²) in [5, 5.41) is 9.84. The molecule has 162 valence electrons. The van der Waals surface area contributed by atoms with Crippen molar-refractivity contribution in [3.8, 4) is 0 Å². The highest BCUT2D eigenvalue weighted by atomic mass is 16.6. The van der Waals surface area contributed by atoms with Crippen molar-refractivity contribution < 1.29 is 24.2 Å². The van der Waals surface area contributed by atoms with Crippen molar-refractivity contribution >= 4 is 12.1 Å². The average Bonchev–Trinajstić information content (AvgIpc) is 2.64. The Balaban J connectivity index is 1.84. The Hall–Kier alpha value is -2.12. The van der Waals surface area contributed by atoms with Gasteiger partial charge in [-0.1, -0.05) is 30.3 Å². The molecule has 1 aromatic rings. The molecule has 1 heterocycles. The van der Waals surface area contributed by atoms with E-state index < -0.39 is 11.7 Å². The first kappa shape index (κ1) is 23.2. The number of amides is 1. The van der Waals surface area contributed by atoms with E-state index in [1.165, 1.54) is 0 Å². The number of aliphatic hydroxyl groups is 1. The molecular weight excluding hydrogens is 372 g/mol. The largest absolute Gasteiger partial charge is 0.459 e. The summed E-state index contributed by atoms with van der Waals surface area (Å²) < 4.78 is 10.8. The van der Waals surface area contributed by atoms with Crippen LogP contribution in [0.3, 0.4) is 0 Å². The number of ether oxygens (including phenoxy) is 2. The fraction of sp³-hybridized carbons (Fsp3) is 0.636. The number of likely N-dealkylation sites (tertiary alicyclic amines) is 1. The molecule has 2 rings (SSSR count). The van der Waals surface area contributed by atoms with Crippen molar-refractivity contribution in [1.29, 1.82) is 0 Å². The molecule has 29 heavy (non-hydrogen) atoms. The summed E-state index contributed by atoms with van der Waals surface area (Å²) in [6.07, 6.45) is 0.569. The molecule has 1 aliphatic heterocycles. The maximum atomic E-state index is 12.3. The van der Waals surface area contributed by atoms with E-state index in [1.54, 1.807) is 11.8 Å². The third-order valence-corrected chi connectivity index (χ3v) is 4.70. The second-order valence-electron chi connectivity index (χ2n) is 8.62. The lowest BCUT2D eigenvalue weighted by Crippen LogP contribution is -2.50. The zero-order valence-electron chi connectivity index (χ0n) is 18.0. The van der Waals surface area contributed by atoms with Gasteiger partial charge in [-0.15, -0.1) is 0 Å². The van der Waals surface area contributed by atoms with Crippen LogP contribution in [0.1, 0.15) is 46.1 Å². The van der Waals surface area contributed by atoms with Crippen LogP contribution >= 0.6 is 0 Å². The van der Waals surface area contributed by atoms with Gasteiger partial charge in [-0.25, -0.2) is 4.79 Å². The predicted molar refractivity (Wildman–Crippen MR) is 110 cm³/mol. The van der Waals surface area contributed by atoms with Crippen LogP contribution in [0, 0.1) is 0 Å². The molecule has 1 fully saturated rings. The normalized spacial score (nSPS) is 16.6. The van der Waals surface area contributed by atoms with E-state index in [-0.39, 0.29) is 31.3 Å². The Bertz CT molecular complexity index is 649. The highest BCUT2D eigenvalue weighted by Crippen LogP contribution is 2.19. The molecule has 1 aromatic carbocycles. The SMILES string of the molecule is C[C@@H](O)CN(CC(=O)OC(C)(C)C)C1CCN(C(=O)OCc2ccccc2)CC1. The summed E-state index contributed by atoms with van der Waals surface area (Å²) >= 11 is 0. The van der Waals surface area contributed by atoms with Crippen molar-refractivity contribution in [3.63, 3.8) is 0 Å². The van der Waals surface area contributed by atoms with E-state index in [0.29, 0.717) is 19.6 Å². The quantitative estimate of drug-likeness (QED) is 0.702. The Kier molecular flexibility index (Phi) is 8.46. The van der Waals surface area contributed by atoms with Crippen LogP contribution in [0.5, 0.6) is 0 Å². The van der Waals surface area contributed by atoms with Crippen LogP contribution in [0.2, 0.25) is 0 Å². The summed E-state index contributed by atoms with van der Waals surface area (Å²) in [4.78, 5) is 28.3. The van der Waals surface area contributed by atoms with E-state index >= 15 is 0 Å². The van der Waals surface area contributed by atoms with Crippen LogP contribution in [0.25, 0.3) is 0 Å². The van der Waals surface area contributed by atoms with Gasteiger partial charge in [0.2, 0.25) is 0 Å². The monoisotopic (exact) mass is 406 g/mol. The van der Waals surface area contributed by atoms with Gasteiger partial charge in [0.05, 0.1) is 12.6 Å². The van der Waals surface area contributed by atoms with Crippen LogP contribution < -0.4 is 0 Å². The van der Waals surface area contributed by atoms with Gasteiger partial charge in [-0.05, 0) is 46.1 Å². The molecular formula is C22H34N2O5. The minimum Gasteiger partial charge on any atom is -0.459 e. The standard InChI is InChI=1S/C22H34N2O5/c1-17(25)14-24(15-20(26)29-22(2,3)4)19-10-12-23(13-11-19)21(27)28-16-18-8-6-5-7-9-18/h5-9,17,19,25H,10-16H2,1-4H3/t17-/m1/s1. The zero-order valence-corrected chi connectivity index (χ0v) is 18.0. The van der Waals surface area contributed by atoms with Gasteiger partial charge in [-0.2, -0.15) is 0 Å². The molecule has 0 aliphatic carbocycles. The van der Waals surface area contributed by atoms with Gasteiger partial charge in [0, 0.05) is 25.7 Å². The molecule has 1 atom stereocenters. The Morgan fingerprint density at radius 3 is 2.38 bits per heavy atom. The maximum absolute atomic E-state index is 12.3. The van der Waals surface area contributed by atoms with Gasteiger partial charge < -0.3 is 19.5 Å². The van der Waals surface area contributed by atoms with E-state index in [9.17, 15) is 14.7 Å². The minimum atomic E-state index is -0.550. The first-order chi connectivity index (χ1) is 13.6. The zero-order chi connectivity index (χ0) is 21.4. The number of carbonyl (C=O) groups is 2. The molecule has 7 heteroatoms. The summed E-state index contributed by atoms with van der Waals surface area (Å²) in [5.74, 6) is -0.303. The average molecular weight is 407 g/mol. The Morgan fingerprint density at radius 1 is 1.21 bits per heavy atom. The molecule has 1 aliphatic rings. The number of hydrogen-bond donors (Lipinski definition) is 1. The van der Waals surface area contributed by atoms with Crippen LogP contribution in [-0.2, 0) is 20.9 Å². The van der Waals surface area contributed by atoms with E-state index in [1.807, 2.05) is 56.0 Å². The number of piperidine rings is 1. The molecule has 0 unspecified atom stereocenters. The topological polar surface area (TPSA) is 79.3 Å². The second kappa shape index (κ2) is 10.6. The fourth-order valence-corrected chi connectivity index (χ4v) is 3.45. The van der Waals surface area contributed by atoms with Crippen LogP contribution in [0.4, 0.5) is 4.79 Å². The van der Waals surface area contributed by atoms with Crippen molar-refractivity contribution in [1.82, 2.24) is 9.80 Å². The lowest BCUT2D eigenvalue weighted by Gasteiger charge is -2.38. The van der Waals surface area contributed by atoms with Crippen molar-refractivity contribution in [2.24, 2.45) is 0 Å². The molecule has 7 nitrogen and oxygen atoms in total. The number of carbonyl (C=O) groups excluding carboxylic acids is 2. The second-order valence-corrected chi connectivity index (χ2v) is 8.62. The maximum Gasteiger partial charge on any atom is 0.410 e. The first-order valence-electron chi connectivity index (χ1n) is 10.2. The molecule has 0 aromatic heterocycles. The first-order valence-corrected chi connectivity index (χ1v) is 10.2. The third-order valence-electron chi connectivity index (χ3n) is 4.70. The lowest BCUT2D eigenvalue weighted by atomic mass is 10.0. The van der Waals surface area contributed by atoms with Crippen molar-refractivity contribution in [2.75, 3.05) is 26.2 Å². The van der Waals surface area contributed by atoms with Gasteiger partial charge in [0.15, 0.2) is 0 Å². The number of nitrogens with zero attached hydrogens (tertiary/aromatic N) is 2. The van der Waals surface area contributed by atoms with E-state index in [4.69, 9.17) is 9.47 Å². The summed E-state index contributed by atoms with van der Waals surface area (Å²) in [5.41, 5.74) is 0.413. The molecule has 0 spiro atoms. The highest BCUT2D eigenvalue weighted by Gasteiger charge is 2.30. The summed E-state index contributed by atoms with van der Waals surface area (Å²) in [6.45, 7) is 9.11. The van der Waals surface area contributed by atoms with Gasteiger partial charge in [0.25, 0.3) is 0 Å². The predicted octanol–water partition coefficient (Wildman–Crippen LogP) is 2.81. The van der Waals surface area contributed by atoms with Gasteiger partial charge in [0.1, 0.15) is 12.2 Å². The fourth-order valence-electron chi connectivity index (χ4n) is 3.45. The Morgan fingerprint density at radius 2 is 1.83 bits per heavy atom. The number of rotatable bonds is 7. The van der Waals surface area contributed by atoms with E-state index in [0.717, 1.165) is 18.4 Å². The molecule has 0 saturated carbocycles. The third kappa shape index (κ3) is 8.41. The van der Waals surface area contributed by atoms with Gasteiger partial charge in [-0.3, -0.25) is 9.69 Å². The van der Waals surface area contributed by atoms with Crippen molar-refractivity contribution in [3.05, 3.63) is 35.9 Å².